The van der Waals surface area contributed by atoms with Gasteiger partial charge >= 0.3 is 16.1 Å². The summed E-state index contributed by atoms with van der Waals surface area (Å²) < 4.78 is 31.3. The fourth-order valence-electron chi connectivity index (χ4n) is 4.26. The van der Waals surface area contributed by atoms with E-state index in [1.54, 1.807) is 12.1 Å². The average molecular weight is 558 g/mol. The minimum absolute atomic E-state index is 0.0296. The second-order valence-corrected chi connectivity index (χ2v) is 11.8. The van der Waals surface area contributed by atoms with Crippen molar-refractivity contribution in [2.45, 2.75) is 50.1 Å². The normalized spacial score (nSPS) is 19.0. The van der Waals surface area contributed by atoms with Crippen LogP contribution in [0.3, 0.4) is 0 Å². The summed E-state index contributed by atoms with van der Waals surface area (Å²) in [5, 5.41) is 5.96. The summed E-state index contributed by atoms with van der Waals surface area (Å²) in [5.74, 6) is 0.0814. The Bertz CT molecular complexity index is 1300. The van der Waals surface area contributed by atoms with E-state index in [0.29, 0.717) is 34.0 Å². The van der Waals surface area contributed by atoms with Gasteiger partial charge in [-0.3, -0.25) is 10.2 Å². The van der Waals surface area contributed by atoms with E-state index in [1.165, 1.54) is 54.9 Å². The summed E-state index contributed by atoms with van der Waals surface area (Å²) in [4.78, 5) is 18.9. The fourth-order valence-corrected chi connectivity index (χ4v) is 7.16. The molecular weight excluding hydrogens is 531 g/mol. The quantitative estimate of drug-likeness (QED) is 0.359. The lowest BCUT2D eigenvalue weighted by Crippen LogP contribution is -2.47. The number of aromatic nitrogens is 1. The number of benzene rings is 2. The number of carbonyl (C=O) groups excluding carboxylic acids is 1. The zero-order valence-electron chi connectivity index (χ0n) is 19.3. The number of urea groups is 1. The van der Waals surface area contributed by atoms with Gasteiger partial charge in [0, 0.05) is 31.2 Å². The van der Waals surface area contributed by atoms with Crippen molar-refractivity contribution in [3.8, 4) is 5.75 Å². The number of likely N-dealkylation sites (tertiary alicyclic amines) is 1. The Morgan fingerprint density at radius 3 is 2.54 bits per heavy atom. The second-order valence-electron chi connectivity index (χ2n) is 8.48. The standard InChI is InChI=1S/C23H26Cl2N4O4S2/c1-14-5-3-6-15(2)29(14)12-11-26-22(30)28-23-27-19-10-9-16(13-20(19)34-23)33-35(31,32)21-17(24)7-4-8-18(21)25/h4,7-10,13-15H,3,5-6,11-12H2,1-2H3,(H2,26,27,28,30). The van der Waals surface area contributed by atoms with Gasteiger partial charge in [0.25, 0.3) is 0 Å². The van der Waals surface area contributed by atoms with Crippen molar-refractivity contribution in [3.05, 3.63) is 46.4 Å². The predicted molar refractivity (Wildman–Crippen MR) is 140 cm³/mol. The maximum atomic E-state index is 12.7. The monoisotopic (exact) mass is 556 g/mol. The summed E-state index contributed by atoms with van der Waals surface area (Å²) in [6, 6.07) is 9.73. The van der Waals surface area contributed by atoms with Crippen LogP contribution < -0.4 is 14.8 Å². The van der Waals surface area contributed by atoms with Gasteiger partial charge in [0.05, 0.1) is 20.3 Å². The molecule has 1 fully saturated rings. The van der Waals surface area contributed by atoms with Crippen LogP contribution in [0.5, 0.6) is 5.75 Å². The lowest BCUT2D eigenvalue weighted by molar-refractivity contribution is 0.105. The predicted octanol–water partition coefficient (Wildman–Crippen LogP) is 5.76. The molecule has 1 aromatic heterocycles. The van der Waals surface area contributed by atoms with Crippen LogP contribution in [0.4, 0.5) is 9.93 Å². The number of nitrogens with zero attached hydrogens (tertiary/aromatic N) is 2. The maximum Gasteiger partial charge on any atom is 0.342 e. The number of thiazole rings is 1. The number of anilines is 1. The van der Waals surface area contributed by atoms with E-state index in [2.05, 4.69) is 34.4 Å². The van der Waals surface area contributed by atoms with Crippen molar-refractivity contribution in [1.82, 2.24) is 15.2 Å². The summed E-state index contributed by atoms with van der Waals surface area (Å²) in [6.07, 6.45) is 3.61. The molecule has 0 bridgehead atoms. The van der Waals surface area contributed by atoms with E-state index in [-0.39, 0.29) is 26.7 Å². The van der Waals surface area contributed by atoms with Crippen LogP contribution in [0.15, 0.2) is 41.3 Å². The molecule has 2 amide bonds. The summed E-state index contributed by atoms with van der Waals surface area (Å²) in [6.45, 7) is 5.78. The van der Waals surface area contributed by atoms with Gasteiger partial charge in [0.15, 0.2) is 5.13 Å². The Balaban J connectivity index is 1.38. The molecule has 0 radical (unpaired) electrons. The molecule has 35 heavy (non-hydrogen) atoms. The van der Waals surface area contributed by atoms with Crippen molar-refractivity contribution in [1.29, 1.82) is 0 Å². The summed E-state index contributed by atoms with van der Waals surface area (Å²) >= 11 is 13.3. The van der Waals surface area contributed by atoms with Gasteiger partial charge in [-0.1, -0.05) is 47.0 Å². The number of hydrogen-bond donors (Lipinski definition) is 2. The lowest BCUT2D eigenvalue weighted by atomic mass is 9.98. The maximum absolute atomic E-state index is 12.7. The number of fused-ring (bicyclic) bond motifs is 1. The zero-order valence-corrected chi connectivity index (χ0v) is 22.4. The van der Waals surface area contributed by atoms with Crippen molar-refractivity contribution >= 4 is 66.0 Å². The number of amides is 2. The molecule has 1 saturated heterocycles. The third-order valence-electron chi connectivity index (χ3n) is 5.99. The topological polar surface area (TPSA) is 101 Å². The van der Waals surface area contributed by atoms with Crippen molar-refractivity contribution in [2.24, 2.45) is 0 Å². The lowest BCUT2D eigenvalue weighted by Gasteiger charge is -2.38. The van der Waals surface area contributed by atoms with Crippen LogP contribution in [0, 0.1) is 0 Å². The molecule has 8 nitrogen and oxygen atoms in total. The molecule has 3 aromatic rings. The molecule has 2 atom stereocenters. The van der Waals surface area contributed by atoms with E-state index in [9.17, 15) is 13.2 Å². The zero-order chi connectivity index (χ0) is 25.2. The van der Waals surface area contributed by atoms with E-state index >= 15 is 0 Å². The minimum Gasteiger partial charge on any atom is -0.379 e. The average Bonchev–Trinajstić information content (AvgIpc) is 3.16. The van der Waals surface area contributed by atoms with Crippen molar-refractivity contribution in [2.75, 3.05) is 18.4 Å². The molecule has 0 spiro atoms. The first-order valence-electron chi connectivity index (χ1n) is 11.2. The number of halogens is 2. The van der Waals surface area contributed by atoms with E-state index in [0.717, 1.165) is 6.54 Å². The molecule has 2 unspecified atom stereocenters. The Hall–Kier alpha value is -2.11. The first-order valence-corrected chi connectivity index (χ1v) is 14.2. The SMILES string of the molecule is CC1CCCC(C)N1CCNC(=O)Nc1nc2ccc(OS(=O)(=O)c3c(Cl)cccc3Cl)cc2s1. The van der Waals surface area contributed by atoms with E-state index in [1.807, 2.05) is 0 Å². The Morgan fingerprint density at radius 2 is 1.86 bits per heavy atom. The highest BCUT2D eigenvalue weighted by atomic mass is 35.5. The highest BCUT2D eigenvalue weighted by Gasteiger charge is 2.25. The number of nitrogens with one attached hydrogen (secondary N) is 2. The molecule has 1 aliphatic rings. The van der Waals surface area contributed by atoms with Gasteiger partial charge < -0.3 is 9.50 Å². The first kappa shape index (κ1) is 26.0. The molecule has 0 saturated carbocycles. The minimum atomic E-state index is -4.25. The van der Waals surface area contributed by atoms with E-state index < -0.39 is 10.1 Å². The van der Waals surface area contributed by atoms with Gasteiger partial charge in [-0.2, -0.15) is 8.42 Å². The van der Waals surface area contributed by atoms with Gasteiger partial charge in [-0.15, -0.1) is 0 Å². The molecule has 188 valence electrons. The molecule has 4 rings (SSSR count). The smallest absolute Gasteiger partial charge is 0.342 e. The third kappa shape index (κ3) is 6.18. The number of rotatable bonds is 7. The molecule has 2 heterocycles. The Kier molecular flexibility index (Phi) is 8.07. The van der Waals surface area contributed by atoms with Gasteiger partial charge in [-0.05, 0) is 51.0 Å². The highest BCUT2D eigenvalue weighted by molar-refractivity contribution is 7.87. The molecule has 2 N–H and O–H groups in total. The van der Waals surface area contributed by atoms with Crippen LogP contribution in [0.2, 0.25) is 10.0 Å². The number of hydrogen-bond acceptors (Lipinski definition) is 7. The summed E-state index contributed by atoms with van der Waals surface area (Å²) in [7, 11) is -4.25. The van der Waals surface area contributed by atoms with Crippen LogP contribution in [0.25, 0.3) is 10.2 Å². The number of piperidine rings is 1. The Labute approximate surface area is 218 Å². The highest BCUT2D eigenvalue weighted by Crippen LogP contribution is 2.34. The Morgan fingerprint density at radius 1 is 1.17 bits per heavy atom. The first-order chi connectivity index (χ1) is 16.6. The molecule has 1 aliphatic heterocycles. The van der Waals surface area contributed by atoms with Crippen LogP contribution in [-0.4, -0.2) is 49.5 Å². The molecule has 0 aliphatic carbocycles. The fraction of sp³-hybridized carbons (Fsp3) is 0.391. The summed E-state index contributed by atoms with van der Waals surface area (Å²) in [5.41, 5.74) is 0.599. The third-order valence-corrected chi connectivity index (χ3v) is 9.13. The van der Waals surface area contributed by atoms with Gasteiger partial charge in [0.1, 0.15) is 10.6 Å². The van der Waals surface area contributed by atoms with Crippen molar-refractivity contribution < 1.29 is 17.4 Å². The van der Waals surface area contributed by atoms with Crippen LogP contribution in [0.1, 0.15) is 33.1 Å². The number of carbonyl (C=O) groups is 1. The second kappa shape index (κ2) is 10.9. The molecule has 12 heteroatoms. The van der Waals surface area contributed by atoms with Gasteiger partial charge in [-0.25, -0.2) is 9.78 Å². The molecular formula is C23H26Cl2N4O4S2. The largest absolute Gasteiger partial charge is 0.379 e. The van der Waals surface area contributed by atoms with E-state index in [4.69, 9.17) is 27.4 Å². The van der Waals surface area contributed by atoms with Gasteiger partial charge in [0.2, 0.25) is 0 Å². The van der Waals surface area contributed by atoms with Crippen molar-refractivity contribution in [3.63, 3.8) is 0 Å². The van der Waals surface area contributed by atoms with Crippen LogP contribution in [-0.2, 0) is 10.1 Å². The molecule has 2 aromatic carbocycles. The van der Waals surface area contributed by atoms with Crippen LogP contribution >= 0.6 is 34.5 Å².